The number of unbranched alkanes of at least 4 members (excludes halogenated alkanes) is 6. The Morgan fingerprint density at radius 1 is 0.873 bits per heavy atom. The van der Waals surface area contributed by atoms with Crippen molar-refractivity contribution in [2.75, 3.05) is 27.2 Å². The number of aliphatic carboxylic acids is 1. The zero-order valence-electron chi connectivity index (χ0n) is 36.6. The van der Waals surface area contributed by atoms with E-state index in [-0.39, 0.29) is 34.6 Å². The Morgan fingerprint density at radius 2 is 1.51 bits per heavy atom. The highest BCUT2D eigenvalue weighted by Crippen LogP contribution is 2.43. The summed E-state index contributed by atoms with van der Waals surface area (Å²) in [4.78, 5) is 105. The number of hydrogen-bond acceptors (Lipinski definition) is 12. The zero-order chi connectivity index (χ0) is 47.1. The fraction of sp³-hybridized carbons (Fsp3) is 0.558. The lowest BCUT2D eigenvalue weighted by Crippen LogP contribution is -2.55. The Balaban J connectivity index is 1.74. The van der Waals surface area contributed by atoms with Gasteiger partial charge in [-0.05, 0) is 55.5 Å². The van der Waals surface area contributed by atoms with Crippen molar-refractivity contribution in [3.63, 3.8) is 0 Å². The number of rotatable bonds is 20. The number of nitro benzene ring substituents is 1. The number of carboxylic acids is 1. The van der Waals surface area contributed by atoms with Gasteiger partial charge in [0.1, 0.15) is 36.0 Å². The van der Waals surface area contributed by atoms with E-state index in [0.717, 1.165) is 47.6 Å². The number of carbonyl (C=O) groups is 7. The van der Waals surface area contributed by atoms with Crippen molar-refractivity contribution < 1.29 is 58.9 Å². The van der Waals surface area contributed by atoms with Gasteiger partial charge in [-0.2, -0.15) is 0 Å². The van der Waals surface area contributed by atoms with Crippen LogP contribution in [0.15, 0.2) is 30.3 Å². The number of aliphatic hydroxyl groups excluding tert-OH is 1. The minimum Gasteiger partial charge on any atom is -0.507 e. The Bertz CT molecular complexity index is 2010. The third kappa shape index (κ3) is 14.4. The third-order valence-corrected chi connectivity index (χ3v) is 11.0. The lowest BCUT2D eigenvalue weighted by Gasteiger charge is -2.30. The second-order valence-corrected chi connectivity index (χ2v) is 16.3. The number of fused-ring (bicyclic) bond motifs is 5. The number of hydrogen-bond donors (Lipinski definition) is 8. The van der Waals surface area contributed by atoms with Crippen molar-refractivity contribution in [2.24, 2.45) is 5.92 Å². The molecule has 1 aliphatic heterocycles. The molecule has 2 unspecified atom stereocenters. The molecule has 8 N–H and O–H groups in total. The van der Waals surface area contributed by atoms with Crippen molar-refractivity contribution >= 4 is 47.1 Å². The Labute approximate surface area is 365 Å². The summed E-state index contributed by atoms with van der Waals surface area (Å²) < 4.78 is 0. The molecule has 63 heavy (non-hydrogen) atoms. The zero-order valence-corrected chi connectivity index (χ0v) is 36.6. The predicted octanol–water partition coefficient (Wildman–Crippen LogP) is 2.41. The maximum Gasteiger partial charge on any atom is 0.326 e. The number of amides is 6. The van der Waals surface area contributed by atoms with Crippen LogP contribution in [0.4, 0.5) is 5.69 Å². The first-order valence-corrected chi connectivity index (χ1v) is 21.1. The van der Waals surface area contributed by atoms with E-state index in [1.54, 1.807) is 0 Å². The van der Waals surface area contributed by atoms with Gasteiger partial charge in [0, 0.05) is 44.1 Å². The fourth-order valence-corrected chi connectivity index (χ4v) is 7.12. The molecule has 2 aromatic carbocycles. The van der Waals surface area contributed by atoms with Crippen LogP contribution < -0.4 is 21.3 Å². The van der Waals surface area contributed by atoms with Crippen molar-refractivity contribution in [3.8, 4) is 22.6 Å². The second kappa shape index (κ2) is 23.8. The third-order valence-electron chi connectivity index (χ3n) is 11.0. The van der Waals surface area contributed by atoms with Gasteiger partial charge >= 0.3 is 11.7 Å². The van der Waals surface area contributed by atoms with Crippen LogP contribution in [0, 0.1) is 16.0 Å². The predicted molar refractivity (Wildman–Crippen MR) is 229 cm³/mol. The molecule has 3 rings (SSSR count). The molecule has 0 aliphatic carbocycles. The number of nitro groups is 1. The van der Waals surface area contributed by atoms with Gasteiger partial charge in [-0.1, -0.05) is 64.9 Å². The van der Waals surface area contributed by atoms with Crippen molar-refractivity contribution in [1.29, 1.82) is 0 Å². The molecule has 2 aromatic rings. The van der Waals surface area contributed by atoms with Crippen LogP contribution in [0.5, 0.6) is 11.5 Å². The van der Waals surface area contributed by atoms with Crippen LogP contribution in [0.25, 0.3) is 11.1 Å². The number of aromatic hydroxyl groups is 2. The van der Waals surface area contributed by atoms with E-state index in [4.69, 9.17) is 0 Å². The smallest absolute Gasteiger partial charge is 0.326 e. The van der Waals surface area contributed by atoms with E-state index >= 15 is 0 Å². The molecule has 0 saturated carbocycles. The standard InChI is InChI=1S/C43H61N7O13/c1-24(2)14-12-10-8-7-9-11-13-15-35(53)48(5)33(23-51)41(58)45-25(3)39(56)44-22-36(54)49(6)37-28-16-17-34(52)29(21-28)30-18-27(20-32(38(30)55)50(62)63)19-31(43(60)61)47-40(57)26(4)46-42(37)59/h16-18,20-21,24-26,31,33,37,51-52,55H,7-15,19,22-23H2,1-6H3,(H,44,56)(H,45,58)(H,46,59)(H,47,57)(H,60,61)/t25-,26+,31?,33-,37?/m1/s1. The molecule has 0 aromatic heterocycles. The number of phenols is 2. The monoisotopic (exact) mass is 883 g/mol. The number of nitrogens with zero attached hydrogens (tertiary/aromatic N) is 3. The summed E-state index contributed by atoms with van der Waals surface area (Å²) in [5, 5.41) is 63.2. The van der Waals surface area contributed by atoms with Gasteiger partial charge in [0.2, 0.25) is 41.2 Å². The van der Waals surface area contributed by atoms with E-state index in [9.17, 15) is 64.1 Å². The first kappa shape index (κ1) is 51.0. The SMILES string of the molecule is CC(C)CCCCCCCCCC(=O)N(C)[C@H](CO)C(=O)N[C@H](C)C(=O)NCC(=O)N(C)C1C(=O)N[C@@H](C)C(=O)NC(C(=O)O)Cc2cc(c(O)c([N+](=O)[O-])c2)-c2cc1ccc2O. The van der Waals surface area contributed by atoms with Crippen LogP contribution in [0.1, 0.15) is 103 Å². The molecule has 0 fully saturated rings. The molecular formula is C43H61N7O13. The van der Waals surface area contributed by atoms with Gasteiger partial charge in [0.15, 0.2) is 0 Å². The Morgan fingerprint density at radius 3 is 2.11 bits per heavy atom. The molecular weight excluding hydrogens is 823 g/mol. The van der Waals surface area contributed by atoms with Gasteiger partial charge < -0.3 is 51.5 Å². The van der Waals surface area contributed by atoms with Crippen molar-refractivity contribution in [3.05, 3.63) is 51.6 Å². The molecule has 6 amide bonds. The van der Waals surface area contributed by atoms with Gasteiger partial charge in [-0.3, -0.25) is 38.9 Å². The maximum atomic E-state index is 13.9. The van der Waals surface area contributed by atoms with E-state index in [1.807, 2.05) is 0 Å². The Hall–Kier alpha value is -6.31. The van der Waals surface area contributed by atoms with E-state index < -0.39 is 107 Å². The maximum absolute atomic E-state index is 13.9. The number of likely N-dealkylation sites (N-methyl/N-ethyl adjacent to an activating group) is 2. The van der Waals surface area contributed by atoms with Crippen LogP contribution in [0.2, 0.25) is 0 Å². The number of aliphatic hydroxyl groups is 1. The van der Waals surface area contributed by atoms with Gasteiger partial charge in [-0.25, -0.2) is 4.79 Å². The molecule has 0 saturated heterocycles. The topological polar surface area (TPSA) is 298 Å². The van der Waals surface area contributed by atoms with Crippen LogP contribution >= 0.6 is 0 Å². The molecule has 20 heteroatoms. The van der Waals surface area contributed by atoms with E-state index in [1.165, 1.54) is 65.4 Å². The lowest BCUT2D eigenvalue weighted by atomic mass is 9.93. The highest BCUT2D eigenvalue weighted by Gasteiger charge is 2.35. The molecule has 346 valence electrons. The minimum absolute atomic E-state index is 0.00251. The summed E-state index contributed by atoms with van der Waals surface area (Å²) in [5.74, 6) is -7.00. The van der Waals surface area contributed by atoms with Gasteiger partial charge in [0.05, 0.1) is 18.1 Å². The van der Waals surface area contributed by atoms with Crippen LogP contribution in [-0.2, 0) is 40.0 Å². The average Bonchev–Trinajstić information content (AvgIpc) is 3.22. The van der Waals surface area contributed by atoms with E-state index in [2.05, 4.69) is 35.1 Å². The van der Waals surface area contributed by atoms with Crippen LogP contribution in [0.3, 0.4) is 0 Å². The van der Waals surface area contributed by atoms with Crippen LogP contribution in [-0.4, -0.2) is 128 Å². The first-order valence-electron chi connectivity index (χ1n) is 21.1. The summed E-state index contributed by atoms with van der Waals surface area (Å²) in [5.41, 5.74) is -1.39. The normalized spacial score (nSPS) is 17.3. The van der Waals surface area contributed by atoms with Crippen molar-refractivity contribution in [1.82, 2.24) is 31.1 Å². The van der Waals surface area contributed by atoms with E-state index in [0.29, 0.717) is 12.3 Å². The number of carboxylic acid groups (broad SMARTS) is 1. The average molecular weight is 884 g/mol. The fourth-order valence-electron chi connectivity index (χ4n) is 7.12. The van der Waals surface area contributed by atoms with Gasteiger partial charge in [-0.15, -0.1) is 0 Å². The largest absolute Gasteiger partial charge is 0.507 e. The highest BCUT2D eigenvalue weighted by molar-refractivity contribution is 5.96. The lowest BCUT2D eigenvalue weighted by molar-refractivity contribution is -0.385. The molecule has 0 radical (unpaired) electrons. The Kier molecular flexibility index (Phi) is 19.3. The summed E-state index contributed by atoms with van der Waals surface area (Å²) in [6, 6.07) is -1.52. The van der Waals surface area contributed by atoms with Crippen molar-refractivity contribution in [2.45, 2.75) is 122 Å². The molecule has 1 aliphatic rings. The molecule has 0 spiro atoms. The molecule has 1 heterocycles. The second-order valence-electron chi connectivity index (χ2n) is 16.3. The number of phenolic OH excluding ortho intramolecular Hbond substituents is 2. The molecule has 20 nitrogen and oxygen atoms in total. The summed E-state index contributed by atoms with van der Waals surface area (Å²) in [6.07, 6.45) is 7.98. The quantitative estimate of drug-likeness (QED) is 0.0539. The summed E-state index contributed by atoms with van der Waals surface area (Å²) in [6.45, 7) is 5.54. The number of benzene rings is 2. The molecule has 5 atom stereocenters. The van der Waals surface area contributed by atoms with Gasteiger partial charge in [0.25, 0.3) is 0 Å². The number of carbonyl (C=O) groups excluding carboxylic acids is 6. The minimum atomic E-state index is -1.65. The molecule has 4 bridgehead atoms. The number of nitrogens with one attached hydrogen (secondary N) is 4. The highest BCUT2D eigenvalue weighted by atomic mass is 16.6. The first-order chi connectivity index (χ1) is 29.7. The summed E-state index contributed by atoms with van der Waals surface area (Å²) in [7, 11) is 2.58. The summed E-state index contributed by atoms with van der Waals surface area (Å²) >= 11 is 0.